The highest BCUT2D eigenvalue weighted by molar-refractivity contribution is 9.10. The van der Waals surface area contributed by atoms with Crippen molar-refractivity contribution in [1.82, 2.24) is 14.7 Å². The summed E-state index contributed by atoms with van der Waals surface area (Å²) in [5, 5.41) is 3.06. The highest BCUT2D eigenvalue weighted by Gasteiger charge is 2.40. The monoisotopic (exact) mass is 515 g/mol. The van der Waals surface area contributed by atoms with E-state index in [1.54, 1.807) is 6.92 Å². The molecular formula is C28H26BrN3O2. The molecule has 6 heteroatoms. The molecular weight excluding hydrogens is 490 g/mol. The number of imidazole rings is 1. The lowest BCUT2D eigenvalue weighted by molar-refractivity contribution is 0.132. The van der Waals surface area contributed by atoms with Crippen LogP contribution < -0.4 is 5.32 Å². The molecule has 0 atom stereocenters. The van der Waals surface area contributed by atoms with Gasteiger partial charge in [-0.15, -0.1) is 0 Å². The van der Waals surface area contributed by atoms with E-state index in [9.17, 15) is 4.79 Å². The molecule has 0 saturated heterocycles. The second-order valence-corrected chi connectivity index (χ2v) is 9.82. The maximum absolute atomic E-state index is 12.3. The van der Waals surface area contributed by atoms with Crippen molar-refractivity contribution in [3.8, 4) is 22.5 Å². The van der Waals surface area contributed by atoms with Crippen molar-refractivity contribution < 1.29 is 9.53 Å². The quantitative estimate of drug-likeness (QED) is 0.282. The summed E-state index contributed by atoms with van der Waals surface area (Å²) in [5.41, 5.74) is 6.80. The molecule has 4 aromatic rings. The number of aryl methyl sites for hydroxylation is 1. The van der Waals surface area contributed by atoms with Gasteiger partial charge >= 0.3 is 6.09 Å². The van der Waals surface area contributed by atoms with Crippen LogP contribution in [-0.2, 0) is 10.3 Å². The number of pyridine rings is 1. The molecule has 0 radical (unpaired) electrons. The van der Waals surface area contributed by atoms with E-state index >= 15 is 0 Å². The molecule has 5 rings (SSSR count). The summed E-state index contributed by atoms with van der Waals surface area (Å²) in [6, 6.07) is 20.8. The van der Waals surface area contributed by atoms with Crippen molar-refractivity contribution in [1.29, 1.82) is 0 Å². The van der Waals surface area contributed by atoms with E-state index in [4.69, 9.17) is 9.72 Å². The molecule has 172 valence electrons. The van der Waals surface area contributed by atoms with Crippen LogP contribution in [0.2, 0.25) is 0 Å². The van der Waals surface area contributed by atoms with Gasteiger partial charge in [0.1, 0.15) is 0 Å². The lowest BCUT2D eigenvalue weighted by atomic mass is 9.71. The number of carbonyl (C=O) groups excluding carboxylic acids is 1. The summed E-state index contributed by atoms with van der Waals surface area (Å²) in [7, 11) is 0. The molecule has 1 N–H and O–H groups in total. The average Bonchev–Trinajstić information content (AvgIpc) is 3.16. The number of fused-ring (bicyclic) bond motifs is 1. The summed E-state index contributed by atoms with van der Waals surface area (Å²) in [6.45, 7) is 7.40. The molecule has 1 saturated carbocycles. The zero-order chi connectivity index (χ0) is 23.9. The Hall–Kier alpha value is -3.38. The van der Waals surface area contributed by atoms with Gasteiger partial charge in [-0.2, -0.15) is 0 Å². The van der Waals surface area contributed by atoms with Gasteiger partial charge in [0.2, 0.25) is 0 Å². The summed E-state index contributed by atoms with van der Waals surface area (Å²) < 4.78 is 8.27. The minimum Gasteiger partial charge on any atom is -0.416 e. The van der Waals surface area contributed by atoms with Crippen molar-refractivity contribution in [3.05, 3.63) is 94.8 Å². The predicted molar refractivity (Wildman–Crippen MR) is 138 cm³/mol. The summed E-state index contributed by atoms with van der Waals surface area (Å²) >= 11 is 3.69. The van der Waals surface area contributed by atoms with E-state index in [1.165, 1.54) is 0 Å². The van der Waals surface area contributed by atoms with Gasteiger partial charge in [-0.25, -0.2) is 9.78 Å². The van der Waals surface area contributed by atoms with Crippen LogP contribution in [-0.4, -0.2) is 15.5 Å². The van der Waals surface area contributed by atoms with Crippen LogP contribution in [0.3, 0.4) is 0 Å². The van der Waals surface area contributed by atoms with Gasteiger partial charge in [-0.05, 0) is 66.2 Å². The van der Waals surface area contributed by atoms with E-state index in [2.05, 4.69) is 87.8 Å². The number of alkyl carbamates (subject to hydrolysis) is 1. The number of nitrogens with one attached hydrogen (secondary N) is 1. The Kier molecular flexibility index (Phi) is 5.78. The van der Waals surface area contributed by atoms with Crippen LogP contribution in [0.15, 0.2) is 83.7 Å². The van der Waals surface area contributed by atoms with Gasteiger partial charge < -0.3 is 10.1 Å². The van der Waals surface area contributed by atoms with Crippen LogP contribution in [0.5, 0.6) is 0 Å². The molecule has 2 aromatic carbocycles. The normalized spacial score (nSPS) is 14.4. The number of ether oxygens (including phenoxy) is 1. The topological polar surface area (TPSA) is 55.6 Å². The summed E-state index contributed by atoms with van der Waals surface area (Å²) in [4.78, 5) is 17.3. The molecule has 1 aliphatic carbocycles. The van der Waals surface area contributed by atoms with E-state index in [-0.39, 0.29) is 0 Å². The molecule has 2 aromatic heterocycles. The third-order valence-electron chi connectivity index (χ3n) is 6.39. The molecule has 0 spiro atoms. The van der Waals surface area contributed by atoms with E-state index in [0.29, 0.717) is 5.76 Å². The number of hydrogen-bond donors (Lipinski definition) is 1. The van der Waals surface area contributed by atoms with Crippen molar-refractivity contribution >= 4 is 27.7 Å². The third-order valence-corrected chi connectivity index (χ3v) is 6.97. The maximum atomic E-state index is 12.3. The Labute approximate surface area is 207 Å². The Morgan fingerprint density at radius 1 is 1.12 bits per heavy atom. The molecule has 2 heterocycles. The van der Waals surface area contributed by atoms with Gasteiger partial charge in [0.05, 0.1) is 27.2 Å². The van der Waals surface area contributed by atoms with Gasteiger partial charge in [0, 0.05) is 17.3 Å². The lowest BCUT2D eigenvalue weighted by Crippen LogP contribution is -2.50. The highest BCUT2D eigenvalue weighted by atomic mass is 79.9. The Morgan fingerprint density at radius 2 is 1.82 bits per heavy atom. The smallest absolute Gasteiger partial charge is 0.412 e. The minimum atomic E-state index is -0.455. The van der Waals surface area contributed by atoms with Crippen LogP contribution in [0.4, 0.5) is 4.79 Å². The Bertz CT molecular complexity index is 1390. The molecule has 1 amide bonds. The standard InChI is InChI=1S/C28H26BrN3O2/c1-18(2)34-27(33)31-28(14-7-15-28)22-12-10-20(11-13-22)24-25(21-8-5-4-6-9-21)32-17-19(3)16-23(29)26(32)30-24/h4-6,8-13,16-17H,1,7,14-15H2,2-3H3,(H,31,33). The second-order valence-electron chi connectivity index (χ2n) is 8.96. The van der Waals surface area contributed by atoms with Gasteiger partial charge in [0.25, 0.3) is 0 Å². The highest BCUT2D eigenvalue weighted by Crippen LogP contribution is 2.42. The van der Waals surface area contributed by atoms with Gasteiger partial charge in [0.15, 0.2) is 5.65 Å². The fourth-order valence-corrected chi connectivity index (χ4v) is 5.29. The van der Waals surface area contributed by atoms with Gasteiger partial charge in [-0.1, -0.05) is 61.2 Å². The van der Waals surface area contributed by atoms with Crippen molar-refractivity contribution in [3.63, 3.8) is 0 Å². The molecule has 1 fully saturated rings. The maximum Gasteiger partial charge on any atom is 0.412 e. The SMILES string of the molecule is C=C(C)OC(=O)NC1(c2ccc(-c3nc4c(Br)cc(C)cn4c3-c3ccccc3)cc2)CCC1. The zero-order valence-electron chi connectivity index (χ0n) is 19.3. The Morgan fingerprint density at radius 3 is 2.44 bits per heavy atom. The van der Waals surface area contributed by atoms with Gasteiger partial charge in [-0.3, -0.25) is 4.40 Å². The fraction of sp³-hybridized carbons (Fsp3) is 0.214. The van der Waals surface area contributed by atoms with E-state index in [1.807, 2.05) is 18.2 Å². The number of rotatable bonds is 5. The Balaban J connectivity index is 1.57. The number of benzene rings is 2. The molecule has 5 nitrogen and oxygen atoms in total. The number of nitrogens with zero attached hydrogens (tertiary/aromatic N) is 2. The zero-order valence-corrected chi connectivity index (χ0v) is 20.9. The van der Waals surface area contributed by atoms with Crippen LogP contribution >= 0.6 is 15.9 Å². The van der Waals surface area contributed by atoms with E-state index < -0.39 is 11.6 Å². The number of halogens is 1. The van der Waals surface area contributed by atoms with E-state index in [0.717, 1.165) is 63.0 Å². The first kappa shape index (κ1) is 22.4. The first-order chi connectivity index (χ1) is 16.4. The van der Waals surface area contributed by atoms with Crippen molar-refractivity contribution in [2.45, 2.75) is 38.6 Å². The molecule has 0 bridgehead atoms. The lowest BCUT2D eigenvalue weighted by Gasteiger charge is -2.42. The number of hydrogen-bond acceptors (Lipinski definition) is 3. The van der Waals surface area contributed by atoms with Crippen molar-refractivity contribution in [2.24, 2.45) is 0 Å². The average molecular weight is 516 g/mol. The molecule has 0 aliphatic heterocycles. The number of allylic oxidation sites excluding steroid dienone is 1. The molecule has 0 unspecified atom stereocenters. The van der Waals surface area contributed by atoms with Crippen molar-refractivity contribution in [2.75, 3.05) is 0 Å². The first-order valence-corrected chi connectivity index (χ1v) is 12.2. The summed E-state index contributed by atoms with van der Waals surface area (Å²) in [6.07, 6.45) is 4.49. The number of amides is 1. The van der Waals surface area contributed by atoms with Crippen LogP contribution in [0.1, 0.15) is 37.3 Å². The summed E-state index contributed by atoms with van der Waals surface area (Å²) in [5.74, 6) is 0.379. The third kappa shape index (κ3) is 4.03. The first-order valence-electron chi connectivity index (χ1n) is 11.4. The molecule has 34 heavy (non-hydrogen) atoms. The number of aromatic nitrogens is 2. The number of carbonyl (C=O) groups is 1. The molecule has 1 aliphatic rings. The van der Waals surface area contributed by atoms with Crippen LogP contribution in [0, 0.1) is 6.92 Å². The fourth-order valence-electron chi connectivity index (χ4n) is 4.65. The largest absolute Gasteiger partial charge is 0.416 e. The minimum absolute atomic E-state index is 0.379. The van der Waals surface area contributed by atoms with Crippen LogP contribution in [0.25, 0.3) is 28.2 Å². The second kappa shape index (κ2) is 8.76. The predicted octanol–water partition coefficient (Wildman–Crippen LogP) is 7.38.